The summed E-state index contributed by atoms with van der Waals surface area (Å²) in [7, 11) is 4.06. The van der Waals surface area contributed by atoms with Crippen LogP contribution in [0.25, 0.3) is 0 Å². The van der Waals surface area contributed by atoms with Crippen molar-refractivity contribution in [1.29, 1.82) is 0 Å². The van der Waals surface area contributed by atoms with Crippen molar-refractivity contribution in [3.05, 3.63) is 11.3 Å². The van der Waals surface area contributed by atoms with Gasteiger partial charge in [-0.15, -0.1) is 0 Å². The molecule has 2 saturated heterocycles. The minimum Gasteiger partial charge on any atom is -0.459 e. The van der Waals surface area contributed by atoms with Crippen molar-refractivity contribution in [2.45, 2.75) is 77.3 Å². The first-order valence-corrected chi connectivity index (χ1v) is 11.8. The Bertz CT molecular complexity index is 826. The lowest BCUT2D eigenvalue weighted by molar-refractivity contribution is 0.0122. The van der Waals surface area contributed by atoms with Gasteiger partial charge in [0.1, 0.15) is 17.5 Å². The number of hydrogen-bond donors (Lipinski definition) is 1. The van der Waals surface area contributed by atoms with Gasteiger partial charge in [-0.3, -0.25) is 4.90 Å². The van der Waals surface area contributed by atoms with Crippen LogP contribution in [0.3, 0.4) is 0 Å². The molecule has 2 bridgehead atoms. The van der Waals surface area contributed by atoms with Crippen LogP contribution in [0.5, 0.6) is 6.01 Å². The van der Waals surface area contributed by atoms with Crippen LogP contribution >= 0.6 is 0 Å². The molecule has 3 atom stereocenters. The number of hydrogen-bond acceptors (Lipinski definition) is 8. The number of nitrogens with zero attached hydrogens (tertiary/aromatic N) is 5. The second-order valence-corrected chi connectivity index (χ2v) is 10.6. The van der Waals surface area contributed by atoms with E-state index in [4.69, 9.17) is 19.4 Å². The number of carbonyl (C=O) groups is 1. The fourth-order valence-corrected chi connectivity index (χ4v) is 5.05. The minimum atomic E-state index is -0.484. The van der Waals surface area contributed by atoms with Crippen LogP contribution < -0.4 is 15.0 Å². The fourth-order valence-electron chi connectivity index (χ4n) is 5.05. The van der Waals surface area contributed by atoms with E-state index in [0.717, 1.165) is 63.5 Å². The summed E-state index contributed by atoms with van der Waals surface area (Å²) in [4.78, 5) is 28.9. The van der Waals surface area contributed by atoms with Gasteiger partial charge in [0.25, 0.3) is 0 Å². The first-order valence-electron chi connectivity index (χ1n) is 11.8. The largest absolute Gasteiger partial charge is 0.459 e. The van der Waals surface area contributed by atoms with Crippen molar-refractivity contribution in [3.8, 4) is 6.01 Å². The van der Waals surface area contributed by atoms with E-state index >= 15 is 0 Å². The predicted molar refractivity (Wildman–Crippen MR) is 123 cm³/mol. The van der Waals surface area contributed by atoms with Gasteiger partial charge in [-0.25, -0.2) is 4.79 Å². The van der Waals surface area contributed by atoms with Gasteiger partial charge in [-0.05, 0) is 67.6 Å². The van der Waals surface area contributed by atoms with Crippen LogP contribution in [-0.2, 0) is 17.7 Å². The maximum atomic E-state index is 12.8. The summed E-state index contributed by atoms with van der Waals surface area (Å²) < 4.78 is 11.8. The number of anilines is 1. The number of carbonyl (C=O) groups excluding carboxylic acids is 1. The topological polar surface area (TPSA) is 83.1 Å². The van der Waals surface area contributed by atoms with Crippen molar-refractivity contribution in [3.63, 3.8) is 0 Å². The van der Waals surface area contributed by atoms with Gasteiger partial charge in [0.05, 0.1) is 17.8 Å². The van der Waals surface area contributed by atoms with E-state index in [1.165, 1.54) is 5.56 Å². The van der Waals surface area contributed by atoms with Crippen molar-refractivity contribution in [2.75, 3.05) is 45.2 Å². The van der Waals surface area contributed by atoms with Gasteiger partial charge in [0, 0.05) is 31.7 Å². The summed E-state index contributed by atoms with van der Waals surface area (Å²) in [6.07, 6.45) is 2.70. The number of amides is 1. The number of likely N-dealkylation sites (N-methyl/N-ethyl adjacent to an activating group) is 1. The van der Waals surface area contributed by atoms with E-state index in [-0.39, 0.29) is 24.3 Å². The maximum absolute atomic E-state index is 12.8. The van der Waals surface area contributed by atoms with E-state index < -0.39 is 5.60 Å². The van der Waals surface area contributed by atoms with E-state index in [1.54, 1.807) is 0 Å². The highest BCUT2D eigenvalue weighted by Gasteiger charge is 2.45. The van der Waals surface area contributed by atoms with Gasteiger partial charge in [0.15, 0.2) is 0 Å². The lowest BCUT2D eigenvalue weighted by Gasteiger charge is -2.42. The summed E-state index contributed by atoms with van der Waals surface area (Å²) in [5.41, 5.74) is 1.75. The Morgan fingerprint density at radius 2 is 1.91 bits per heavy atom. The van der Waals surface area contributed by atoms with Crippen LogP contribution in [0.15, 0.2) is 0 Å². The second-order valence-electron chi connectivity index (χ2n) is 10.6. The summed E-state index contributed by atoms with van der Waals surface area (Å²) in [5.74, 6) is 0.976. The quantitative estimate of drug-likeness (QED) is 0.736. The molecular weight excluding hydrogens is 408 g/mol. The molecule has 0 aromatic carbocycles. The zero-order chi connectivity index (χ0) is 23.0. The third-order valence-electron chi connectivity index (χ3n) is 6.21. The summed E-state index contributed by atoms with van der Waals surface area (Å²) in [6, 6.07) is 0.736. The number of aromatic nitrogens is 2. The molecule has 3 aliphatic heterocycles. The molecule has 1 N–H and O–H groups in total. The molecule has 0 spiro atoms. The van der Waals surface area contributed by atoms with Gasteiger partial charge < -0.3 is 24.6 Å². The monoisotopic (exact) mass is 446 g/mol. The summed E-state index contributed by atoms with van der Waals surface area (Å²) >= 11 is 0. The standard InChI is InChI=1S/C23H38N6O3/c1-15(12-27(5)6)31-21-25-19-11-24-10-9-18(19)20(26-21)28-13-16-7-8-17(14-28)29(16)22(30)32-23(2,3)4/h15-17,24H,7-14H2,1-6H3. The van der Waals surface area contributed by atoms with Crippen molar-refractivity contribution < 1.29 is 14.3 Å². The molecular formula is C23H38N6O3. The van der Waals surface area contributed by atoms with Gasteiger partial charge >= 0.3 is 12.1 Å². The molecule has 9 heteroatoms. The average Bonchev–Trinajstić information content (AvgIpc) is 2.95. The number of ether oxygens (including phenoxy) is 2. The van der Waals surface area contributed by atoms with E-state index in [1.807, 2.05) is 46.7 Å². The van der Waals surface area contributed by atoms with Crippen LogP contribution in [0.4, 0.5) is 10.6 Å². The zero-order valence-electron chi connectivity index (χ0n) is 20.3. The first-order chi connectivity index (χ1) is 15.1. The molecule has 0 saturated carbocycles. The highest BCUT2D eigenvalue weighted by molar-refractivity contribution is 5.70. The molecule has 3 unspecified atom stereocenters. The third-order valence-corrected chi connectivity index (χ3v) is 6.21. The molecule has 2 fully saturated rings. The Balaban J connectivity index is 1.56. The first kappa shape index (κ1) is 23.0. The molecule has 4 heterocycles. The SMILES string of the molecule is CC(CN(C)C)Oc1nc2c(c(N3CC4CCC(C3)N4C(=O)OC(C)(C)C)n1)CCNC2. The minimum absolute atomic E-state index is 0.00681. The van der Waals surface area contributed by atoms with Crippen molar-refractivity contribution >= 4 is 11.9 Å². The van der Waals surface area contributed by atoms with Crippen LogP contribution in [-0.4, -0.2) is 89.9 Å². The highest BCUT2D eigenvalue weighted by atomic mass is 16.6. The molecule has 1 aromatic heterocycles. The van der Waals surface area contributed by atoms with Crippen LogP contribution in [0, 0.1) is 0 Å². The fraction of sp³-hybridized carbons (Fsp3) is 0.783. The summed E-state index contributed by atoms with van der Waals surface area (Å²) in [5, 5.41) is 3.42. The number of fused-ring (bicyclic) bond motifs is 3. The Morgan fingerprint density at radius 3 is 2.53 bits per heavy atom. The summed E-state index contributed by atoms with van der Waals surface area (Å²) in [6.45, 7) is 11.8. The molecule has 1 aromatic rings. The Hall–Kier alpha value is -2.13. The molecule has 9 nitrogen and oxygen atoms in total. The lowest BCUT2D eigenvalue weighted by Crippen LogP contribution is -2.57. The third kappa shape index (κ3) is 5.09. The molecule has 3 aliphatic rings. The second kappa shape index (κ2) is 9.02. The number of rotatable bonds is 5. The normalized spacial score (nSPS) is 23.8. The van der Waals surface area contributed by atoms with Gasteiger partial charge in [0.2, 0.25) is 0 Å². The Morgan fingerprint density at radius 1 is 1.22 bits per heavy atom. The smallest absolute Gasteiger partial charge is 0.410 e. The number of nitrogens with one attached hydrogen (secondary N) is 1. The maximum Gasteiger partial charge on any atom is 0.410 e. The van der Waals surface area contributed by atoms with Crippen molar-refractivity contribution in [2.24, 2.45) is 0 Å². The molecule has 178 valence electrons. The average molecular weight is 447 g/mol. The zero-order valence-corrected chi connectivity index (χ0v) is 20.3. The van der Waals surface area contributed by atoms with Crippen molar-refractivity contribution in [1.82, 2.24) is 25.1 Å². The Kier molecular flexibility index (Phi) is 6.49. The van der Waals surface area contributed by atoms with Crippen LogP contribution in [0.1, 0.15) is 51.8 Å². The molecule has 0 aliphatic carbocycles. The van der Waals surface area contributed by atoms with Gasteiger partial charge in [-0.2, -0.15) is 9.97 Å². The van der Waals surface area contributed by atoms with Gasteiger partial charge in [-0.1, -0.05) is 0 Å². The molecule has 4 rings (SSSR count). The van der Waals surface area contributed by atoms with Crippen LogP contribution in [0.2, 0.25) is 0 Å². The lowest BCUT2D eigenvalue weighted by atomic mass is 10.1. The number of piperazine rings is 1. The van der Waals surface area contributed by atoms with E-state index in [9.17, 15) is 4.79 Å². The predicted octanol–water partition coefficient (Wildman–Crippen LogP) is 2.04. The molecule has 0 radical (unpaired) electrons. The Labute approximate surface area is 191 Å². The molecule has 32 heavy (non-hydrogen) atoms. The highest BCUT2D eigenvalue weighted by Crippen LogP contribution is 2.36. The molecule has 1 amide bonds. The van der Waals surface area contributed by atoms with E-state index in [0.29, 0.717) is 6.01 Å². The van der Waals surface area contributed by atoms with E-state index in [2.05, 4.69) is 15.1 Å².